The summed E-state index contributed by atoms with van der Waals surface area (Å²) in [5, 5.41) is 3.40. The van der Waals surface area contributed by atoms with Gasteiger partial charge in [-0.25, -0.2) is 4.98 Å². The van der Waals surface area contributed by atoms with Crippen LogP contribution in [0.5, 0.6) is 0 Å². The molecule has 1 aliphatic rings. The number of nitrogens with zero attached hydrogens (tertiary/aromatic N) is 4. The molecule has 1 N–H and O–H groups in total. The summed E-state index contributed by atoms with van der Waals surface area (Å²) < 4.78 is 5.70. The number of hydrogen-bond donors (Lipinski definition) is 1. The van der Waals surface area contributed by atoms with Crippen LogP contribution < -0.4 is 10.2 Å². The van der Waals surface area contributed by atoms with E-state index in [4.69, 9.17) is 4.74 Å². The Morgan fingerprint density at radius 2 is 2.17 bits per heavy atom. The van der Waals surface area contributed by atoms with E-state index in [1.807, 2.05) is 38.3 Å². The number of anilines is 1. The molecule has 1 saturated carbocycles. The summed E-state index contributed by atoms with van der Waals surface area (Å²) in [6.45, 7) is 3.17. The van der Waals surface area contributed by atoms with Crippen LogP contribution in [0.3, 0.4) is 0 Å². The van der Waals surface area contributed by atoms with Gasteiger partial charge in [-0.05, 0) is 24.8 Å². The first-order valence-electron chi connectivity index (χ1n) is 8.22. The van der Waals surface area contributed by atoms with E-state index in [9.17, 15) is 0 Å². The highest BCUT2D eigenvalue weighted by molar-refractivity contribution is 5.79. The fourth-order valence-corrected chi connectivity index (χ4v) is 2.37. The molecule has 1 aromatic heterocycles. The molecule has 0 aliphatic heterocycles. The lowest BCUT2D eigenvalue weighted by Gasteiger charge is -2.23. The summed E-state index contributed by atoms with van der Waals surface area (Å²) in [6, 6.07) is 4.05. The third-order valence-corrected chi connectivity index (χ3v) is 3.92. The fraction of sp³-hybridized carbons (Fsp3) is 0.647. The first-order valence-corrected chi connectivity index (χ1v) is 8.22. The third-order valence-electron chi connectivity index (χ3n) is 3.92. The van der Waals surface area contributed by atoms with Gasteiger partial charge in [-0.15, -0.1) is 0 Å². The van der Waals surface area contributed by atoms with E-state index in [-0.39, 0.29) is 0 Å². The number of pyridine rings is 1. The Morgan fingerprint density at radius 3 is 2.83 bits per heavy atom. The second-order valence-corrected chi connectivity index (χ2v) is 6.22. The molecule has 0 radical (unpaired) electrons. The van der Waals surface area contributed by atoms with Gasteiger partial charge in [0.2, 0.25) is 0 Å². The van der Waals surface area contributed by atoms with Crippen molar-refractivity contribution in [2.45, 2.75) is 19.4 Å². The van der Waals surface area contributed by atoms with Gasteiger partial charge in [-0.3, -0.25) is 4.99 Å². The highest BCUT2D eigenvalue weighted by atomic mass is 16.5. The van der Waals surface area contributed by atoms with Gasteiger partial charge in [0.05, 0.1) is 6.61 Å². The second-order valence-electron chi connectivity index (χ2n) is 6.22. The number of aromatic nitrogens is 1. The molecular weight excluding hydrogens is 290 g/mol. The number of ether oxygens (including phenoxy) is 1. The zero-order valence-electron chi connectivity index (χ0n) is 14.7. The molecule has 0 bridgehead atoms. The predicted molar refractivity (Wildman–Crippen MR) is 94.9 cm³/mol. The minimum absolute atomic E-state index is 0.696. The topological polar surface area (TPSA) is 53.0 Å². The van der Waals surface area contributed by atoms with E-state index in [2.05, 4.69) is 26.3 Å². The van der Waals surface area contributed by atoms with Crippen LogP contribution in [0.25, 0.3) is 0 Å². The van der Waals surface area contributed by atoms with Crippen molar-refractivity contribution in [3.05, 3.63) is 23.9 Å². The predicted octanol–water partition coefficient (Wildman–Crippen LogP) is 1.58. The van der Waals surface area contributed by atoms with Crippen molar-refractivity contribution in [2.24, 2.45) is 10.9 Å². The molecule has 0 amide bonds. The Kier molecular flexibility index (Phi) is 6.65. The molecule has 23 heavy (non-hydrogen) atoms. The van der Waals surface area contributed by atoms with Gasteiger partial charge in [-0.1, -0.05) is 6.07 Å². The minimum Gasteiger partial charge on any atom is -0.379 e. The molecule has 1 heterocycles. The maximum atomic E-state index is 5.70. The SMILES string of the molecule is CN=C(NCc1cccnc1N(C)C)N(C)CCOCC1CC1. The first kappa shape index (κ1) is 17.5. The first-order chi connectivity index (χ1) is 11.1. The number of guanidine groups is 1. The zero-order valence-corrected chi connectivity index (χ0v) is 14.7. The van der Waals surface area contributed by atoms with Gasteiger partial charge >= 0.3 is 0 Å². The minimum atomic E-state index is 0.696. The van der Waals surface area contributed by atoms with Crippen molar-refractivity contribution in [3.8, 4) is 0 Å². The summed E-state index contributed by atoms with van der Waals surface area (Å²) in [5.41, 5.74) is 1.15. The van der Waals surface area contributed by atoms with Crippen LogP contribution in [0, 0.1) is 5.92 Å². The van der Waals surface area contributed by atoms with E-state index in [1.54, 1.807) is 7.05 Å². The summed E-state index contributed by atoms with van der Waals surface area (Å²) in [4.78, 5) is 12.9. The molecule has 0 atom stereocenters. The Labute approximate surface area is 139 Å². The summed E-state index contributed by atoms with van der Waals surface area (Å²) in [5.74, 6) is 2.66. The second kappa shape index (κ2) is 8.72. The highest BCUT2D eigenvalue weighted by Gasteiger charge is 2.21. The maximum absolute atomic E-state index is 5.70. The van der Waals surface area contributed by atoms with Gasteiger partial charge in [-0.2, -0.15) is 0 Å². The molecule has 0 unspecified atom stereocenters. The molecule has 2 rings (SSSR count). The molecule has 0 spiro atoms. The van der Waals surface area contributed by atoms with Crippen LogP contribution >= 0.6 is 0 Å². The largest absolute Gasteiger partial charge is 0.379 e. The van der Waals surface area contributed by atoms with E-state index >= 15 is 0 Å². The van der Waals surface area contributed by atoms with Crippen LogP contribution in [0.2, 0.25) is 0 Å². The lowest BCUT2D eigenvalue weighted by molar-refractivity contribution is 0.115. The van der Waals surface area contributed by atoms with E-state index in [0.29, 0.717) is 6.54 Å². The van der Waals surface area contributed by atoms with Crippen LogP contribution in [0.1, 0.15) is 18.4 Å². The van der Waals surface area contributed by atoms with Gasteiger partial charge in [0.1, 0.15) is 5.82 Å². The number of nitrogens with one attached hydrogen (secondary N) is 1. The van der Waals surface area contributed by atoms with Crippen LogP contribution in [0.15, 0.2) is 23.3 Å². The number of aliphatic imine (C=N–C) groups is 1. The van der Waals surface area contributed by atoms with Gasteiger partial charge in [0.25, 0.3) is 0 Å². The number of rotatable bonds is 8. The lowest BCUT2D eigenvalue weighted by atomic mass is 10.2. The summed E-state index contributed by atoms with van der Waals surface area (Å²) in [7, 11) is 7.85. The molecule has 1 aliphatic carbocycles. The Bertz CT molecular complexity index is 513. The average molecular weight is 319 g/mol. The molecule has 1 fully saturated rings. The normalized spacial score (nSPS) is 14.7. The number of hydrogen-bond acceptors (Lipinski definition) is 4. The monoisotopic (exact) mass is 319 g/mol. The standard InChI is InChI=1S/C17H29N5O/c1-18-17(22(4)10-11-23-13-14-7-8-14)20-12-15-6-5-9-19-16(15)21(2)3/h5-6,9,14H,7-8,10-13H2,1-4H3,(H,18,20). The van der Waals surface area contributed by atoms with Crippen molar-refractivity contribution in [1.82, 2.24) is 15.2 Å². The molecule has 0 aromatic carbocycles. The van der Waals surface area contributed by atoms with E-state index < -0.39 is 0 Å². The van der Waals surface area contributed by atoms with Crippen molar-refractivity contribution >= 4 is 11.8 Å². The number of likely N-dealkylation sites (N-methyl/N-ethyl adjacent to an activating group) is 1. The molecule has 1 aromatic rings. The Morgan fingerprint density at radius 1 is 1.39 bits per heavy atom. The van der Waals surface area contributed by atoms with Crippen LogP contribution in [-0.2, 0) is 11.3 Å². The van der Waals surface area contributed by atoms with Crippen molar-refractivity contribution in [2.75, 3.05) is 52.8 Å². The lowest BCUT2D eigenvalue weighted by Crippen LogP contribution is -2.40. The van der Waals surface area contributed by atoms with Crippen LogP contribution in [-0.4, -0.2) is 63.8 Å². The van der Waals surface area contributed by atoms with Gasteiger partial charge < -0.3 is 19.9 Å². The van der Waals surface area contributed by atoms with Gasteiger partial charge in [0, 0.05) is 59.6 Å². The average Bonchev–Trinajstić information content (AvgIpc) is 3.36. The van der Waals surface area contributed by atoms with Gasteiger partial charge in [0.15, 0.2) is 5.96 Å². The highest BCUT2D eigenvalue weighted by Crippen LogP contribution is 2.28. The smallest absolute Gasteiger partial charge is 0.193 e. The quantitative estimate of drug-likeness (QED) is 0.448. The molecule has 0 saturated heterocycles. The van der Waals surface area contributed by atoms with E-state index in [1.165, 1.54) is 12.8 Å². The van der Waals surface area contributed by atoms with Crippen molar-refractivity contribution in [3.63, 3.8) is 0 Å². The van der Waals surface area contributed by atoms with Crippen molar-refractivity contribution in [1.29, 1.82) is 0 Å². The molecular formula is C17H29N5O. The summed E-state index contributed by atoms with van der Waals surface area (Å²) >= 11 is 0. The fourth-order valence-electron chi connectivity index (χ4n) is 2.37. The Balaban J connectivity index is 1.79. The maximum Gasteiger partial charge on any atom is 0.193 e. The molecule has 6 heteroatoms. The Hall–Kier alpha value is -1.82. The molecule has 128 valence electrons. The third kappa shape index (κ3) is 5.71. The molecule has 6 nitrogen and oxygen atoms in total. The zero-order chi connectivity index (χ0) is 16.7. The summed E-state index contributed by atoms with van der Waals surface area (Å²) in [6.07, 6.45) is 4.48. The van der Waals surface area contributed by atoms with Crippen LogP contribution in [0.4, 0.5) is 5.82 Å². The van der Waals surface area contributed by atoms with Crippen molar-refractivity contribution < 1.29 is 4.74 Å². The van der Waals surface area contributed by atoms with E-state index in [0.717, 1.165) is 43.0 Å².